The molecule has 1 unspecified atom stereocenters. The van der Waals surface area contributed by atoms with Crippen molar-refractivity contribution in [3.8, 4) is 11.5 Å². The number of ketones is 1. The second-order valence-electron chi connectivity index (χ2n) is 9.47. The third-order valence-electron chi connectivity index (χ3n) is 6.90. The molecule has 0 aromatic heterocycles. The number of Topliss-reactive ketones (excluding diaryl/α,β-unsaturated/α-hetero) is 1. The topological polar surface area (TPSA) is 76.0 Å². The van der Waals surface area contributed by atoms with Crippen LogP contribution in [0.15, 0.2) is 84.5 Å². The van der Waals surface area contributed by atoms with Gasteiger partial charge in [0.25, 0.3) is 6.29 Å². The van der Waals surface area contributed by atoms with Crippen molar-refractivity contribution in [2.45, 2.75) is 51.1 Å². The van der Waals surface area contributed by atoms with E-state index in [1.54, 1.807) is 6.92 Å². The average molecular weight is 449 g/mol. The van der Waals surface area contributed by atoms with E-state index in [0.717, 1.165) is 5.57 Å². The molecule has 2 aromatic carbocycles. The Morgan fingerprint density at radius 1 is 1.12 bits per heavy atom. The summed E-state index contributed by atoms with van der Waals surface area (Å²) in [5.41, 5.74) is 0.274. The van der Waals surface area contributed by atoms with Gasteiger partial charge in [0.15, 0.2) is 5.78 Å². The standard InChI is InChI=1S/C28H32O5/c1-18(25-22-16-19(2)26(30)23(22)17-24(25)29)14-15-28(3,31)27(32-20-10-6-4-7-11-20)33-21-12-8-5-9-13-21/h4-14,22-25,27,29,31H,2,15-17H2,1,3H3/b18-14+/t22-,23+,24-,25-,28?/m1/s1. The summed E-state index contributed by atoms with van der Waals surface area (Å²) in [4.78, 5) is 12.4. The number of carbonyl (C=O) groups is 1. The van der Waals surface area contributed by atoms with Crippen LogP contribution >= 0.6 is 0 Å². The Hall–Kier alpha value is -2.89. The number of rotatable bonds is 8. The molecule has 2 aliphatic rings. The van der Waals surface area contributed by atoms with Crippen LogP contribution in [0.3, 0.4) is 0 Å². The molecule has 4 rings (SSSR count). The van der Waals surface area contributed by atoms with Crippen LogP contribution in [-0.2, 0) is 4.79 Å². The Balaban J connectivity index is 1.52. The van der Waals surface area contributed by atoms with Crippen molar-refractivity contribution in [3.05, 3.63) is 84.5 Å². The molecule has 0 radical (unpaired) electrons. The zero-order valence-electron chi connectivity index (χ0n) is 19.2. The Labute approximate surface area is 195 Å². The summed E-state index contributed by atoms with van der Waals surface area (Å²) >= 11 is 0. The lowest BCUT2D eigenvalue weighted by Crippen LogP contribution is -2.47. The van der Waals surface area contributed by atoms with Gasteiger partial charge in [-0.15, -0.1) is 0 Å². The van der Waals surface area contributed by atoms with Gasteiger partial charge in [-0.05, 0) is 62.4 Å². The van der Waals surface area contributed by atoms with Gasteiger partial charge in [0.05, 0.1) is 6.10 Å². The van der Waals surface area contributed by atoms with Crippen LogP contribution < -0.4 is 9.47 Å². The highest BCUT2D eigenvalue weighted by Gasteiger charge is 2.51. The van der Waals surface area contributed by atoms with Gasteiger partial charge in [0, 0.05) is 18.3 Å². The van der Waals surface area contributed by atoms with E-state index in [4.69, 9.17) is 9.47 Å². The number of aliphatic hydroxyl groups excluding tert-OH is 1. The van der Waals surface area contributed by atoms with E-state index >= 15 is 0 Å². The van der Waals surface area contributed by atoms with Crippen molar-refractivity contribution in [1.29, 1.82) is 0 Å². The fourth-order valence-electron chi connectivity index (χ4n) is 5.10. The minimum absolute atomic E-state index is 0.0816. The number of benzene rings is 2. The second-order valence-corrected chi connectivity index (χ2v) is 9.47. The highest BCUT2D eigenvalue weighted by atomic mass is 16.7. The van der Waals surface area contributed by atoms with Gasteiger partial charge in [0.2, 0.25) is 0 Å². The van der Waals surface area contributed by atoms with Crippen molar-refractivity contribution in [3.63, 3.8) is 0 Å². The van der Waals surface area contributed by atoms with Gasteiger partial charge in [-0.1, -0.05) is 54.6 Å². The van der Waals surface area contributed by atoms with Crippen LogP contribution in [0.2, 0.25) is 0 Å². The molecule has 0 bridgehead atoms. The second kappa shape index (κ2) is 9.54. The van der Waals surface area contributed by atoms with Gasteiger partial charge in [0.1, 0.15) is 17.1 Å². The third kappa shape index (κ3) is 5.05. The van der Waals surface area contributed by atoms with Crippen LogP contribution in [0.1, 0.15) is 33.1 Å². The average Bonchev–Trinajstić information content (AvgIpc) is 3.26. The fraction of sp³-hybridized carbons (Fsp3) is 0.393. The summed E-state index contributed by atoms with van der Waals surface area (Å²) in [7, 11) is 0. The van der Waals surface area contributed by atoms with Gasteiger partial charge >= 0.3 is 0 Å². The van der Waals surface area contributed by atoms with Crippen LogP contribution in [0.25, 0.3) is 0 Å². The van der Waals surface area contributed by atoms with Gasteiger partial charge in [-0.25, -0.2) is 0 Å². The van der Waals surface area contributed by atoms with Crippen LogP contribution in [0.4, 0.5) is 0 Å². The minimum atomic E-state index is -1.36. The Morgan fingerprint density at radius 3 is 2.21 bits per heavy atom. The summed E-state index contributed by atoms with van der Waals surface area (Å²) in [5, 5.41) is 22.1. The van der Waals surface area contributed by atoms with Crippen LogP contribution in [0, 0.1) is 17.8 Å². The molecule has 2 aromatic rings. The molecule has 5 atom stereocenters. The van der Waals surface area contributed by atoms with Crippen molar-refractivity contribution >= 4 is 5.78 Å². The lowest BCUT2D eigenvalue weighted by molar-refractivity contribution is -0.142. The van der Waals surface area contributed by atoms with Gasteiger partial charge in [-0.2, -0.15) is 0 Å². The highest BCUT2D eigenvalue weighted by molar-refractivity contribution is 5.99. The normalized spacial score (nSPS) is 26.9. The number of para-hydroxylation sites is 2. The molecule has 0 amide bonds. The monoisotopic (exact) mass is 448 g/mol. The third-order valence-corrected chi connectivity index (χ3v) is 6.90. The molecular formula is C28H32O5. The maximum Gasteiger partial charge on any atom is 0.269 e. The van der Waals surface area contributed by atoms with E-state index in [9.17, 15) is 15.0 Å². The van der Waals surface area contributed by atoms with Crippen molar-refractivity contribution in [1.82, 2.24) is 0 Å². The van der Waals surface area contributed by atoms with E-state index in [-0.39, 0.29) is 30.0 Å². The Morgan fingerprint density at radius 2 is 1.67 bits per heavy atom. The fourth-order valence-corrected chi connectivity index (χ4v) is 5.10. The summed E-state index contributed by atoms with van der Waals surface area (Å²) in [6.07, 6.45) is 1.79. The van der Waals surface area contributed by atoms with Crippen LogP contribution in [0.5, 0.6) is 11.5 Å². The molecule has 0 spiro atoms. The Kier molecular flexibility index (Phi) is 6.73. The zero-order chi connectivity index (χ0) is 23.6. The summed E-state index contributed by atoms with van der Waals surface area (Å²) in [6, 6.07) is 18.5. The molecule has 2 fully saturated rings. The number of ether oxygens (including phenoxy) is 2. The molecule has 5 nitrogen and oxygen atoms in total. The maximum absolute atomic E-state index is 12.4. The van der Waals surface area contributed by atoms with Crippen LogP contribution in [-0.4, -0.2) is 34.0 Å². The zero-order valence-corrected chi connectivity index (χ0v) is 19.2. The summed E-state index contributed by atoms with van der Waals surface area (Å²) in [6.45, 7) is 7.55. The molecule has 2 aliphatic carbocycles. The molecule has 5 heteroatoms. The van der Waals surface area contributed by atoms with E-state index in [0.29, 0.717) is 29.9 Å². The molecule has 2 N–H and O–H groups in total. The predicted molar refractivity (Wildman–Crippen MR) is 127 cm³/mol. The first-order valence-electron chi connectivity index (χ1n) is 11.5. The molecule has 0 saturated heterocycles. The molecule has 33 heavy (non-hydrogen) atoms. The number of allylic oxidation sites excluding steroid dienone is 1. The predicted octanol–water partition coefficient (Wildman–Crippen LogP) is 4.70. The number of hydrogen-bond acceptors (Lipinski definition) is 5. The lowest BCUT2D eigenvalue weighted by atomic mass is 9.84. The number of hydrogen-bond donors (Lipinski definition) is 2. The lowest BCUT2D eigenvalue weighted by Gasteiger charge is -2.33. The Bertz CT molecular complexity index is 970. The molecular weight excluding hydrogens is 416 g/mol. The van der Waals surface area contributed by atoms with E-state index < -0.39 is 18.0 Å². The first-order chi connectivity index (χ1) is 15.8. The molecule has 2 saturated carbocycles. The van der Waals surface area contributed by atoms with E-state index in [2.05, 4.69) is 6.58 Å². The van der Waals surface area contributed by atoms with Crippen molar-refractivity contribution in [2.24, 2.45) is 17.8 Å². The summed E-state index contributed by atoms with van der Waals surface area (Å²) < 4.78 is 12.1. The number of aliphatic hydroxyl groups is 2. The first-order valence-corrected chi connectivity index (χ1v) is 11.5. The molecule has 0 heterocycles. The highest BCUT2D eigenvalue weighted by Crippen LogP contribution is 2.50. The summed E-state index contributed by atoms with van der Waals surface area (Å²) in [5.74, 6) is 1.11. The first kappa shape index (κ1) is 23.3. The quantitative estimate of drug-likeness (QED) is 0.348. The smallest absolute Gasteiger partial charge is 0.269 e. The molecule has 0 aliphatic heterocycles. The van der Waals surface area contributed by atoms with E-state index in [1.807, 2.05) is 73.7 Å². The number of fused-ring (bicyclic) bond motifs is 1. The largest absolute Gasteiger partial charge is 0.452 e. The maximum atomic E-state index is 12.4. The van der Waals surface area contributed by atoms with Crippen molar-refractivity contribution < 1.29 is 24.5 Å². The van der Waals surface area contributed by atoms with Crippen molar-refractivity contribution in [2.75, 3.05) is 0 Å². The van der Waals surface area contributed by atoms with Gasteiger partial charge < -0.3 is 19.7 Å². The number of carbonyl (C=O) groups excluding carboxylic acids is 1. The van der Waals surface area contributed by atoms with Gasteiger partial charge in [-0.3, -0.25) is 4.79 Å². The van der Waals surface area contributed by atoms with E-state index in [1.165, 1.54) is 0 Å². The minimum Gasteiger partial charge on any atom is -0.452 e. The SMILES string of the molecule is C=C1C[C@H]2[C@@H](/C(C)=C/CC(C)(O)C(Oc3ccccc3)Oc3ccccc3)[C@H](O)C[C@@H]2C1=O. The molecule has 174 valence electrons.